The number of amides is 1. The summed E-state index contributed by atoms with van der Waals surface area (Å²) >= 11 is 0. The molecule has 0 radical (unpaired) electrons. The first-order valence-electron chi connectivity index (χ1n) is 7.85. The predicted octanol–water partition coefficient (Wildman–Crippen LogP) is 1.60. The zero-order chi connectivity index (χ0) is 14.3. The minimum Gasteiger partial charge on any atom is -0.355 e. The molecule has 1 saturated carbocycles. The zero-order valence-corrected chi connectivity index (χ0v) is 12.8. The number of rotatable bonds is 7. The van der Waals surface area contributed by atoms with Gasteiger partial charge in [-0.3, -0.25) is 4.79 Å². The second-order valence-electron chi connectivity index (χ2n) is 5.82. The second-order valence-corrected chi connectivity index (χ2v) is 5.82. The highest BCUT2D eigenvalue weighted by molar-refractivity contribution is 5.79. The molecule has 112 valence electrons. The van der Waals surface area contributed by atoms with Gasteiger partial charge in [-0.05, 0) is 38.3 Å². The summed E-state index contributed by atoms with van der Waals surface area (Å²) < 4.78 is 0. The van der Waals surface area contributed by atoms with Crippen LogP contribution in [0.15, 0.2) is 0 Å². The molecule has 3 atom stereocenters. The molecule has 19 heavy (non-hydrogen) atoms. The molecule has 1 aliphatic rings. The fourth-order valence-electron chi connectivity index (χ4n) is 3.11. The van der Waals surface area contributed by atoms with E-state index in [9.17, 15) is 4.79 Å². The number of nitrogens with one attached hydrogen (secondary N) is 1. The van der Waals surface area contributed by atoms with Gasteiger partial charge >= 0.3 is 0 Å². The third-order valence-corrected chi connectivity index (χ3v) is 4.29. The minimum absolute atomic E-state index is 0.00926. The zero-order valence-electron chi connectivity index (χ0n) is 12.8. The molecular formula is C15H31N3O. The molecule has 0 aromatic heterocycles. The maximum atomic E-state index is 12.2. The van der Waals surface area contributed by atoms with Crippen LogP contribution in [0.5, 0.6) is 0 Å². The molecule has 0 heterocycles. The maximum absolute atomic E-state index is 12.2. The summed E-state index contributed by atoms with van der Waals surface area (Å²) in [6, 6.07) is 0.0432. The Morgan fingerprint density at radius 2 is 2.05 bits per heavy atom. The van der Waals surface area contributed by atoms with Gasteiger partial charge in [-0.2, -0.15) is 0 Å². The minimum atomic E-state index is 0.00926. The Morgan fingerprint density at radius 3 is 2.63 bits per heavy atom. The first-order valence-corrected chi connectivity index (χ1v) is 7.85. The summed E-state index contributed by atoms with van der Waals surface area (Å²) in [6.07, 6.45) is 4.43. The molecule has 3 unspecified atom stereocenters. The van der Waals surface area contributed by atoms with Crippen molar-refractivity contribution < 1.29 is 4.79 Å². The normalized spacial score (nSPS) is 27.5. The molecule has 1 fully saturated rings. The molecule has 0 spiro atoms. The lowest BCUT2D eigenvalue weighted by Gasteiger charge is -2.33. The highest BCUT2D eigenvalue weighted by Gasteiger charge is 2.33. The molecule has 0 bridgehead atoms. The Balaban J connectivity index is 2.33. The maximum Gasteiger partial charge on any atom is 0.224 e. The molecule has 4 nitrogen and oxygen atoms in total. The molecule has 3 N–H and O–H groups in total. The predicted molar refractivity (Wildman–Crippen MR) is 79.9 cm³/mol. The third-order valence-electron chi connectivity index (χ3n) is 4.29. The van der Waals surface area contributed by atoms with Crippen molar-refractivity contribution in [1.82, 2.24) is 10.2 Å². The van der Waals surface area contributed by atoms with Crippen molar-refractivity contribution in [2.45, 2.75) is 52.5 Å². The number of nitrogens with zero attached hydrogens (tertiary/aromatic N) is 1. The average molecular weight is 269 g/mol. The van der Waals surface area contributed by atoms with Crippen LogP contribution in [-0.4, -0.2) is 43.0 Å². The standard InChI is InChI=1S/C15H31N3O/c1-4-10-18(5-2)11-9-17-15(19)14-12(3)7-6-8-13(14)16/h12-14H,4-11,16H2,1-3H3,(H,17,19). The monoisotopic (exact) mass is 269 g/mol. The summed E-state index contributed by atoms with van der Waals surface area (Å²) in [5, 5.41) is 3.08. The molecule has 0 saturated heterocycles. The molecule has 1 aliphatic carbocycles. The van der Waals surface area contributed by atoms with Gasteiger partial charge in [0.2, 0.25) is 5.91 Å². The summed E-state index contributed by atoms with van der Waals surface area (Å²) in [7, 11) is 0. The first-order chi connectivity index (χ1) is 9.10. The van der Waals surface area contributed by atoms with E-state index >= 15 is 0 Å². The topological polar surface area (TPSA) is 58.4 Å². The Kier molecular flexibility index (Phi) is 7.39. The molecule has 0 aromatic carbocycles. The van der Waals surface area contributed by atoms with Crippen LogP contribution in [-0.2, 0) is 4.79 Å². The van der Waals surface area contributed by atoms with E-state index in [1.165, 1.54) is 0 Å². The summed E-state index contributed by atoms with van der Waals surface area (Å²) in [5.41, 5.74) is 6.10. The first kappa shape index (κ1) is 16.4. The van der Waals surface area contributed by atoms with E-state index in [1.807, 2.05) is 0 Å². The quantitative estimate of drug-likeness (QED) is 0.738. The Labute approximate surface area is 118 Å². The van der Waals surface area contributed by atoms with Crippen molar-refractivity contribution in [2.24, 2.45) is 17.6 Å². The van der Waals surface area contributed by atoms with Crippen molar-refractivity contribution in [3.05, 3.63) is 0 Å². The van der Waals surface area contributed by atoms with Crippen molar-refractivity contribution in [3.8, 4) is 0 Å². The van der Waals surface area contributed by atoms with Gasteiger partial charge in [0.1, 0.15) is 0 Å². The van der Waals surface area contributed by atoms with Crippen LogP contribution in [0.3, 0.4) is 0 Å². The Bertz CT molecular complexity index is 260. The summed E-state index contributed by atoms with van der Waals surface area (Å²) in [5.74, 6) is 0.587. The van der Waals surface area contributed by atoms with Crippen LogP contribution >= 0.6 is 0 Å². The van der Waals surface area contributed by atoms with E-state index in [4.69, 9.17) is 5.73 Å². The molecule has 0 aromatic rings. The molecule has 1 rings (SSSR count). The lowest BCUT2D eigenvalue weighted by Crippen LogP contribution is -2.48. The van der Waals surface area contributed by atoms with Crippen LogP contribution in [0.4, 0.5) is 0 Å². The van der Waals surface area contributed by atoms with Gasteiger partial charge in [0.25, 0.3) is 0 Å². The second kappa shape index (κ2) is 8.54. The van der Waals surface area contributed by atoms with Crippen molar-refractivity contribution in [1.29, 1.82) is 0 Å². The summed E-state index contributed by atoms with van der Waals surface area (Å²) in [4.78, 5) is 14.6. The number of hydrogen-bond acceptors (Lipinski definition) is 3. The van der Waals surface area contributed by atoms with Gasteiger partial charge in [-0.1, -0.05) is 27.2 Å². The summed E-state index contributed by atoms with van der Waals surface area (Å²) in [6.45, 7) is 10.3. The van der Waals surface area contributed by atoms with Crippen molar-refractivity contribution >= 4 is 5.91 Å². The van der Waals surface area contributed by atoms with Crippen LogP contribution in [0, 0.1) is 11.8 Å². The van der Waals surface area contributed by atoms with Gasteiger partial charge in [0, 0.05) is 19.1 Å². The van der Waals surface area contributed by atoms with Crippen LogP contribution < -0.4 is 11.1 Å². The SMILES string of the molecule is CCCN(CC)CCNC(=O)C1C(C)CCCC1N. The Hall–Kier alpha value is -0.610. The van der Waals surface area contributed by atoms with Gasteiger partial charge in [0.05, 0.1) is 5.92 Å². The third kappa shape index (κ3) is 5.11. The van der Waals surface area contributed by atoms with Crippen LogP contribution in [0.1, 0.15) is 46.5 Å². The lowest BCUT2D eigenvalue weighted by atomic mass is 9.76. The fourth-order valence-corrected chi connectivity index (χ4v) is 3.11. The molecule has 4 heteroatoms. The number of carbonyl (C=O) groups is 1. The van der Waals surface area contributed by atoms with Crippen LogP contribution in [0.25, 0.3) is 0 Å². The van der Waals surface area contributed by atoms with E-state index in [1.54, 1.807) is 0 Å². The van der Waals surface area contributed by atoms with Crippen molar-refractivity contribution in [2.75, 3.05) is 26.2 Å². The molecule has 0 aliphatic heterocycles. The van der Waals surface area contributed by atoms with Crippen LogP contribution in [0.2, 0.25) is 0 Å². The Morgan fingerprint density at radius 1 is 1.32 bits per heavy atom. The van der Waals surface area contributed by atoms with Gasteiger partial charge in [-0.25, -0.2) is 0 Å². The average Bonchev–Trinajstić information content (AvgIpc) is 2.37. The number of nitrogens with two attached hydrogens (primary N) is 1. The lowest BCUT2D eigenvalue weighted by molar-refractivity contribution is -0.128. The van der Waals surface area contributed by atoms with E-state index in [0.717, 1.165) is 51.9 Å². The fraction of sp³-hybridized carbons (Fsp3) is 0.933. The highest BCUT2D eigenvalue weighted by atomic mass is 16.1. The van der Waals surface area contributed by atoms with Crippen molar-refractivity contribution in [3.63, 3.8) is 0 Å². The number of likely N-dealkylation sites (N-methyl/N-ethyl adjacent to an activating group) is 1. The highest BCUT2D eigenvalue weighted by Crippen LogP contribution is 2.28. The van der Waals surface area contributed by atoms with E-state index in [-0.39, 0.29) is 17.9 Å². The number of hydrogen-bond donors (Lipinski definition) is 2. The van der Waals surface area contributed by atoms with Gasteiger partial charge in [-0.15, -0.1) is 0 Å². The molecule has 1 amide bonds. The van der Waals surface area contributed by atoms with Gasteiger partial charge in [0.15, 0.2) is 0 Å². The largest absolute Gasteiger partial charge is 0.355 e. The number of carbonyl (C=O) groups excluding carboxylic acids is 1. The van der Waals surface area contributed by atoms with E-state index in [2.05, 4.69) is 31.0 Å². The van der Waals surface area contributed by atoms with Gasteiger partial charge < -0.3 is 16.0 Å². The van der Waals surface area contributed by atoms with E-state index < -0.39 is 0 Å². The molecular weight excluding hydrogens is 238 g/mol. The smallest absolute Gasteiger partial charge is 0.224 e. The van der Waals surface area contributed by atoms with E-state index in [0.29, 0.717) is 5.92 Å².